The molecule has 2 aliphatic rings. The Hall–Kier alpha value is -1.36. The molecule has 0 aromatic carbocycles. The molecule has 0 amide bonds. The van der Waals surface area contributed by atoms with Gasteiger partial charge in [0.25, 0.3) is 0 Å². The second kappa shape index (κ2) is 6.60. The van der Waals surface area contributed by atoms with E-state index in [2.05, 4.69) is 15.3 Å². The van der Waals surface area contributed by atoms with Gasteiger partial charge in [0.05, 0.1) is 12.3 Å². The highest BCUT2D eigenvalue weighted by molar-refractivity contribution is 6.28. The van der Waals surface area contributed by atoms with E-state index in [0.717, 1.165) is 43.4 Å². The van der Waals surface area contributed by atoms with Gasteiger partial charge in [-0.1, -0.05) is 13.8 Å². The average molecular weight is 312 g/mol. The van der Waals surface area contributed by atoms with Gasteiger partial charge in [0.2, 0.25) is 5.28 Å². The predicted molar refractivity (Wildman–Crippen MR) is 82.6 cm³/mol. The van der Waals surface area contributed by atoms with Crippen LogP contribution in [0.5, 0.6) is 0 Å². The summed E-state index contributed by atoms with van der Waals surface area (Å²) in [6, 6.07) is 0. The van der Waals surface area contributed by atoms with Crippen molar-refractivity contribution in [3.05, 3.63) is 16.5 Å². The number of anilines is 1. The Balaban J connectivity index is 0.000000774. The number of esters is 1. The molecule has 3 rings (SSSR count). The van der Waals surface area contributed by atoms with Crippen LogP contribution in [-0.4, -0.2) is 28.1 Å². The molecule has 116 valence electrons. The Morgan fingerprint density at radius 2 is 2.05 bits per heavy atom. The highest BCUT2D eigenvalue weighted by Gasteiger charge is 2.52. The van der Waals surface area contributed by atoms with Crippen molar-refractivity contribution in [2.75, 3.05) is 11.9 Å². The normalized spacial score (nSPS) is 17.3. The Morgan fingerprint density at radius 3 is 2.67 bits per heavy atom. The summed E-state index contributed by atoms with van der Waals surface area (Å²) in [4.78, 5) is 20.4. The smallest absolute Gasteiger partial charge is 0.331 e. The van der Waals surface area contributed by atoms with Crippen molar-refractivity contribution in [3.8, 4) is 0 Å². The van der Waals surface area contributed by atoms with Crippen LogP contribution < -0.4 is 5.32 Å². The number of hydrogen-bond donors (Lipinski definition) is 1. The van der Waals surface area contributed by atoms with Crippen LogP contribution in [0, 0.1) is 0 Å². The lowest BCUT2D eigenvalue weighted by molar-refractivity contribution is -0.145. The molecular formula is C15H22ClN3O2. The first-order chi connectivity index (χ1) is 10.1. The summed E-state index contributed by atoms with van der Waals surface area (Å²) < 4.78 is 5.11. The third-order valence-corrected chi connectivity index (χ3v) is 3.85. The largest absolute Gasteiger partial charge is 0.464 e. The first kappa shape index (κ1) is 16.0. The fraction of sp³-hybridized carbons (Fsp3) is 0.667. The second-order valence-corrected chi connectivity index (χ2v) is 5.39. The second-order valence-electron chi connectivity index (χ2n) is 5.05. The fourth-order valence-electron chi connectivity index (χ4n) is 2.51. The summed E-state index contributed by atoms with van der Waals surface area (Å²) in [5, 5.41) is 3.48. The summed E-state index contributed by atoms with van der Waals surface area (Å²) in [7, 11) is 0. The molecule has 0 atom stereocenters. The summed E-state index contributed by atoms with van der Waals surface area (Å²) in [6.45, 7) is 6.21. The SMILES string of the molecule is CC.CCOC(=O)C1(Nc2nc(Cl)nc3c2CCC3)CC1. The molecule has 0 bridgehead atoms. The van der Waals surface area contributed by atoms with Crippen LogP contribution in [0.25, 0.3) is 0 Å². The van der Waals surface area contributed by atoms with E-state index in [1.807, 2.05) is 20.8 Å². The molecule has 0 spiro atoms. The van der Waals surface area contributed by atoms with Gasteiger partial charge in [0.1, 0.15) is 11.4 Å². The van der Waals surface area contributed by atoms with Crippen LogP contribution in [0.1, 0.15) is 51.3 Å². The molecule has 1 fully saturated rings. The molecular weight excluding hydrogens is 290 g/mol. The molecule has 0 saturated heterocycles. The lowest BCUT2D eigenvalue weighted by Gasteiger charge is -2.18. The predicted octanol–water partition coefficient (Wildman–Crippen LogP) is 3.15. The number of carbonyl (C=O) groups excluding carboxylic acids is 1. The zero-order valence-electron chi connectivity index (χ0n) is 12.8. The summed E-state index contributed by atoms with van der Waals surface area (Å²) in [5.41, 5.74) is 1.51. The Bertz CT molecular complexity index is 530. The highest BCUT2D eigenvalue weighted by Crippen LogP contribution is 2.41. The van der Waals surface area contributed by atoms with Crippen LogP contribution in [0.3, 0.4) is 0 Å². The Labute approximate surface area is 130 Å². The molecule has 21 heavy (non-hydrogen) atoms. The minimum absolute atomic E-state index is 0.198. The Kier molecular flexibility index (Phi) is 5.04. The highest BCUT2D eigenvalue weighted by atomic mass is 35.5. The number of nitrogens with one attached hydrogen (secondary N) is 1. The maximum absolute atomic E-state index is 12.0. The molecule has 1 N–H and O–H groups in total. The Morgan fingerprint density at radius 1 is 1.33 bits per heavy atom. The van der Waals surface area contributed by atoms with Gasteiger partial charge in [-0.3, -0.25) is 0 Å². The molecule has 1 saturated carbocycles. The van der Waals surface area contributed by atoms with Gasteiger partial charge >= 0.3 is 5.97 Å². The van der Waals surface area contributed by atoms with Crippen molar-refractivity contribution >= 4 is 23.4 Å². The van der Waals surface area contributed by atoms with Crippen molar-refractivity contribution in [1.29, 1.82) is 0 Å². The van der Waals surface area contributed by atoms with E-state index < -0.39 is 5.54 Å². The van der Waals surface area contributed by atoms with Gasteiger partial charge in [-0.15, -0.1) is 0 Å². The van der Waals surface area contributed by atoms with E-state index in [9.17, 15) is 4.79 Å². The standard InChI is InChI=1S/C13H16ClN3O2.C2H6/c1-2-19-11(18)13(6-7-13)17-10-8-4-3-5-9(8)15-12(14)16-10;1-2/h2-7H2,1H3,(H,15,16,17);1-2H3. The van der Waals surface area contributed by atoms with Gasteiger partial charge in [0.15, 0.2) is 0 Å². The summed E-state index contributed by atoms with van der Waals surface area (Å²) >= 11 is 5.94. The van der Waals surface area contributed by atoms with Crippen molar-refractivity contribution < 1.29 is 9.53 Å². The minimum Gasteiger partial charge on any atom is -0.464 e. The summed E-state index contributed by atoms with van der Waals surface area (Å²) in [6.07, 6.45) is 4.49. The van der Waals surface area contributed by atoms with Gasteiger partial charge in [-0.05, 0) is 50.6 Å². The first-order valence-electron chi connectivity index (χ1n) is 7.65. The maximum atomic E-state index is 12.0. The molecule has 2 aliphatic carbocycles. The first-order valence-corrected chi connectivity index (χ1v) is 8.03. The number of nitrogens with zero attached hydrogens (tertiary/aromatic N) is 2. The van der Waals surface area contributed by atoms with Crippen molar-refractivity contribution in [2.24, 2.45) is 0 Å². The van der Waals surface area contributed by atoms with Crippen LogP contribution in [0.15, 0.2) is 0 Å². The number of halogens is 1. The number of hydrogen-bond acceptors (Lipinski definition) is 5. The van der Waals surface area contributed by atoms with E-state index >= 15 is 0 Å². The van der Waals surface area contributed by atoms with Crippen LogP contribution in [-0.2, 0) is 22.4 Å². The quantitative estimate of drug-likeness (QED) is 0.683. The third kappa shape index (κ3) is 3.28. The summed E-state index contributed by atoms with van der Waals surface area (Å²) in [5.74, 6) is 0.509. The molecule has 1 aromatic rings. The van der Waals surface area contributed by atoms with Crippen molar-refractivity contribution in [1.82, 2.24) is 9.97 Å². The lowest BCUT2D eigenvalue weighted by Crippen LogP contribution is -2.34. The van der Waals surface area contributed by atoms with Crippen LogP contribution >= 0.6 is 11.6 Å². The van der Waals surface area contributed by atoms with Gasteiger partial charge < -0.3 is 10.1 Å². The van der Waals surface area contributed by atoms with Gasteiger partial charge in [-0.2, -0.15) is 0 Å². The molecule has 6 heteroatoms. The molecule has 0 unspecified atom stereocenters. The molecule has 0 radical (unpaired) electrons. The lowest BCUT2D eigenvalue weighted by atomic mass is 10.2. The zero-order valence-corrected chi connectivity index (χ0v) is 13.6. The van der Waals surface area contributed by atoms with Crippen molar-refractivity contribution in [2.45, 2.75) is 58.4 Å². The van der Waals surface area contributed by atoms with E-state index in [1.165, 1.54) is 0 Å². The zero-order chi connectivity index (χ0) is 15.5. The molecule has 0 aliphatic heterocycles. The monoisotopic (exact) mass is 311 g/mol. The molecule has 1 aromatic heterocycles. The van der Waals surface area contributed by atoms with E-state index in [-0.39, 0.29) is 11.3 Å². The van der Waals surface area contributed by atoms with E-state index in [4.69, 9.17) is 16.3 Å². The molecule has 1 heterocycles. The number of aryl methyl sites for hydroxylation is 1. The topological polar surface area (TPSA) is 64.1 Å². The van der Waals surface area contributed by atoms with E-state index in [1.54, 1.807) is 0 Å². The number of ether oxygens (including phenoxy) is 1. The molecule has 5 nitrogen and oxygen atoms in total. The van der Waals surface area contributed by atoms with Gasteiger partial charge in [-0.25, -0.2) is 14.8 Å². The van der Waals surface area contributed by atoms with Crippen molar-refractivity contribution in [3.63, 3.8) is 0 Å². The number of fused-ring (bicyclic) bond motifs is 1. The minimum atomic E-state index is -0.593. The fourth-order valence-corrected chi connectivity index (χ4v) is 2.69. The third-order valence-electron chi connectivity index (χ3n) is 3.68. The number of carbonyl (C=O) groups is 1. The number of rotatable bonds is 4. The maximum Gasteiger partial charge on any atom is 0.331 e. The number of aromatic nitrogens is 2. The van der Waals surface area contributed by atoms with E-state index in [0.29, 0.717) is 12.4 Å². The average Bonchev–Trinajstić information content (AvgIpc) is 3.10. The van der Waals surface area contributed by atoms with Crippen LogP contribution in [0.4, 0.5) is 5.82 Å². The van der Waals surface area contributed by atoms with Gasteiger partial charge in [0, 0.05) is 5.56 Å². The van der Waals surface area contributed by atoms with Crippen LogP contribution in [0.2, 0.25) is 5.28 Å².